The highest BCUT2D eigenvalue weighted by molar-refractivity contribution is 9.10. The van der Waals surface area contributed by atoms with Crippen LogP contribution in [0.3, 0.4) is 0 Å². The molecule has 0 saturated heterocycles. The van der Waals surface area contributed by atoms with E-state index in [2.05, 4.69) is 26.0 Å². The monoisotopic (exact) mass is 297 g/mol. The van der Waals surface area contributed by atoms with Crippen molar-refractivity contribution in [2.24, 2.45) is 0 Å². The first-order valence-electron chi connectivity index (χ1n) is 4.68. The van der Waals surface area contributed by atoms with Crippen molar-refractivity contribution < 1.29 is 9.90 Å². The minimum Gasteiger partial charge on any atom is -0.475 e. The standard InChI is InChI=1S/C10H8BrN3O3/c1-5-4-6(2-3-7(5)11)14-10(17)12-8(13-14)9(15)16/h2-4H,1H3,(H,15,16)(H,12,13,17). The summed E-state index contributed by atoms with van der Waals surface area (Å²) in [7, 11) is 0. The number of carbonyl (C=O) groups is 1. The lowest BCUT2D eigenvalue weighted by Crippen LogP contribution is -2.15. The number of nitrogens with zero attached hydrogens (tertiary/aromatic N) is 2. The predicted octanol–water partition coefficient (Wildman–Crippen LogP) is 1.33. The Morgan fingerprint density at radius 2 is 2.24 bits per heavy atom. The van der Waals surface area contributed by atoms with Crippen molar-refractivity contribution in [3.05, 3.63) is 44.5 Å². The average molecular weight is 298 g/mol. The van der Waals surface area contributed by atoms with Gasteiger partial charge in [0.15, 0.2) is 0 Å². The van der Waals surface area contributed by atoms with Crippen molar-refractivity contribution >= 4 is 21.9 Å². The molecule has 0 spiro atoms. The molecule has 6 nitrogen and oxygen atoms in total. The number of aromatic carboxylic acids is 1. The minimum absolute atomic E-state index is 0.379. The summed E-state index contributed by atoms with van der Waals surface area (Å²) >= 11 is 3.34. The maximum atomic E-state index is 11.5. The van der Waals surface area contributed by atoms with Gasteiger partial charge < -0.3 is 5.11 Å². The Labute approximate surface area is 104 Å². The number of H-pyrrole nitrogens is 1. The lowest BCUT2D eigenvalue weighted by atomic mass is 10.2. The number of hydrogen-bond donors (Lipinski definition) is 2. The molecular weight excluding hydrogens is 290 g/mol. The van der Waals surface area contributed by atoms with Gasteiger partial charge in [-0.2, -0.15) is 4.68 Å². The molecule has 0 radical (unpaired) electrons. The lowest BCUT2D eigenvalue weighted by Gasteiger charge is -2.02. The third-order valence-electron chi connectivity index (χ3n) is 2.21. The SMILES string of the molecule is Cc1cc(-n2nc(C(=O)O)[nH]c2=O)ccc1Br. The van der Waals surface area contributed by atoms with Gasteiger partial charge in [0, 0.05) is 4.47 Å². The molecule has 0 fully saturated rings. The van der Waals surface area contributed by atoms with Crippen LogP contribution in [-0.2, 0) is 0 Å². The Morgan fingerprint density at radius 3 is 2.76 bits per heavy atom. The number of nitrogens with one attached hydrogen (secondary N) is 1. The highest BCUT2D eigenvalue weighted by Crippen LogP contribution is 2.18. The summed E-state index contributed by atoms with van der Waals surface area (Å²) in [4.78, 5) is 24.3. The first-order valence-corrected chi connectivity index (χ1v) is 5.47. The van der Waals surface area contributed by atoms with E-state index >= 15 is 0 Å². The number of halogens is 1. The van der Waals surface area contributed by atoms with Crippen LogP contribution in [0.4, 0.5) is 0 Å². The van der Waals surface area contributed by atoms with Crippen molar-refractivity contribution in [2.45, 2.75) is 6.92 Å². The Morgan fingerprint density at radius 1 is 1.53 bits per heavy atom. The maximum absolute atomic E-state index is 11.5. The van der Waals surface area contributed by atoms with Crippen LogP contribution in [0.5, 0.6) is 0 Å². The fourth-order valence-corrected chi connectivity index (χ4v) is 1.60. The largest absolute Gasteiger partial charge is 0.475 e. The number of benzene rings is 1. The third-order valence-corrected chi connectivity index (χ3v) is 3.10. The van der Waals surface area contributed by atoms with E-state index in [9.17, 15) is 9.59 Å². The number of aromatic nitrogens is 3. The number of hydrogen-bond acceptors (Lipinski definition) is 3. The van der Waals surface area contributed by atoms with Crippen LogP contribution >= 0.6 is 15.9 Å². The zero-order valence-corrected chi connectivity index (χ0v) is 10.4. The molecule has 1 heterocycles. The normalized spacial score (nSPS) is 10.5. The first-order chi connectivity index (χ1) is 7.99. The zero-order chi connectivity index (χ0) is 12.6. The molecule has 1 aromatic heterocycles. The maximum Gasteiger partial charge on any atom is 0.373 e. The summed E-state index contributed by atoms with van der Waals surface area (Å²) < 4.78 is 1.92. The summed E-state index contributed by atoms with van der Waals surface area (Å²) in [6.45, 7) is 1.86. The zero-order valence-electron chi connectivity index (χ0n) is 8.77. The van der Waals surface area contributed by atoms with Gasteiger partial charge in [-0.05, 0) is 30.7 Å². The Balaban J connectivity index is 2.56. The highest BCUT2D eigenvalue weighted by atomic mass is 79.9. The fraction of sp³-hybridized carbons (Fsp3) is 0.100. The van der Waals surface area contributed by atoms with Crippen molar-refractivity contribution in [3.8, 4) is 5.69 Å². The van der Waals surface area contributed by atoms with Gasteiger partial charge in [-0.3, -0.25) is 4.98 Å². The summed E-state index contributed by atoms with van der Waals surface area (Å²) in [5.41, 5.74) is 0.859. The second kappa shape index (κ2) is 4.17. The van der Waals surface area contributed by atoms with Crippen LogP contribution in [0.15, 0.2) is 27.5 Å². The van der Waals surface area contributed by atoms with Crippen LogP contribution in [0, 0.1) is 6.92 Å². The molecule has 2 rings (SSSR count). The van der Waals surface area contributed by atoms with Gasteiger partial charge in [0.2, 0.25) is 5.82 Å². The molecule has 0 aliphatic heterocycles. The molecule has 0 aliphatic carbocycles. The van der Waals surface area contributed by atoms with Gasteiger partial charge in [-0.1, -0.05) is 15.9 Å². The predicted molar refractivity (Wildman–Crippen MR) is 63.6 cm³/mol. The van der Waals surface area contributed by atoms with E-state index in [0.29, 0.717) is 5.69 Å². The van der Waals surface area contributed by atoms with Crippen LogP contribution in [-0.4, -0.2) is 25.8 Å². The molecule has 2 aromatic rings. The number of carboxylic acid groups (broad SMARTS) is 1. The van der Waals surface area contributed by atoms with Crippen molar-refractivity contribution in [2.75, 3.05) is 0 Å². The van der Waals surface area contributed by atoms with E-state index in [1.54, 1.807) is 18.2 Å². The number of carboxylic acids is 1. The van der Waals surface area contributed by atoms with Gasteiger partial charge in [-0.15, -0.1) is 5.10 Å². The number of aryl methyl sites for hydroxylation is 1. The summed E-state index contributed by atoms with van der Waals surface area (Å²) in [5, 5.41) is 12.4. The molecule has 88 valence electrons. The molecule has 0 unspecified atom stereocenters. The van der Waals surface area contributed by atoms with E-state index in [-0.39, 0.29) is 5.82 Å². The van der Waals surface area contributed by atoms with Crippen molar-refractivity contribution in [3.63, 3.8) is 0 Å². The second-order valence-electron chi connectivity index (χ2n) is 3.43. The molecular formula is C10H8BrN3O3. The number of rotatable bonds is 2. The molecule has 0 saturated carbocycles. The summed E-state index contributed by atoms with van der Waals surface area (Å²) in [6.07, 6.45) is 0. The molecule has 0 bridgehead atoms. The van der Waals surface area contributed by atoms with E-state index in [4.69, 9.17) is 5.11 Å². The van der Waals surface area contributed by atoms with Gasteiger partial charge in [0.25, 0.3) is 0 Å². The second-order valence-corrected chi connectivity index (χ2v) is 4.28. The van der Waals surface area contributed by atoms with Crippen LogP contribution in [0.25, 0.3) is 5.69 Å². The molecule has 0 amide bonds. The molecule has 7 heteroatoms. The topological polar surface area (TPSA) is 88.0 Å². The van der Waals surface area contributed by atoms with Gasteiger partial charge >= 0.3 is 11.7 Å². The smallest absolute Gasteiger partial charge is 0.373 e. The molecule has 1 aromatic carbocycles. The van der Waals surface area contributed by atoms with Crippen molar-refractivity contribution in [1.82, 2.24) is 14.8 Å². The first kappa shape index (κ1) is 11.6. The minimum atomic E-state index is -1.27. The lowest BCUT2D eigenvalue weighted by molar-refractivity contribution is 0.0683. The Bertz CT molecular complexity index is 644. The van der Waals surface area contributed by atoms with Gasteiger partial charge in [0.05, 0.1) is 5.69 Å². The van der Waals surface area contributed by atoms with E-state index in [1.807, 2.05) is 6.92 Å². The van der Waals surface area contributed by atoms with E-state index in [1.165, 1.54) is 0 Å². The van der Waals surface area contributed by atoms with Crippen LogP contribution < -0.4 is 5.69 Å². The quantitative estimate of drug-likeness (QED) is 0.875. The average Bonchev–Trinajstić information content (AvgIpc) is 2.65. The number of aromatic amines is 1. The van der Waals surface area contributed by atoms with Crippen molar-refractivity contribution in [1.29, 1.82) is 0 Å². The fourth-order valence-electron chi connectivity index (χ4n) is 1.36. The third kappa shape index (κ3) is 2.14. The van der Waals surface area contributed by atoms with Crippen LogP contribution in [0.2, 0.25) is 0 Å². The van der Waals surface area contributed by atoms with Crippen LogP contribution in [0.1, 0.15) is 16.2 Å². The Hall–Kier alpha value is -1.89. The molecule has 2 N–H and O–H groups in total. The highest BCUT2D eigenvalue weighted by Gasteiger charge is 2.12. The Kier molecular flexibility index (Phi) is 2.84. The molecule has 0 atom stereocenters. The molecule has 17 heavy (non-hydrogen) atoms. The molecule has 0 aliphatic rings. The van der Waals surface area contributed by atoms with Gasteiger partial charge in [-0.25, -0.2) is 9.59 Å². The van der Waals surface area contributed by atoms with E-state index < -0.39 is 11.7 Å². The van der Waals surface area contributed by atoms with Gasteiger partial charge in [0.1, 0.15) is 0 Å². The summed E-state index contributed by atoms with van der Waals surface area (Å²) in [6, 6.07) is 5.18. The summed E-state index contributed by atoms with van der Waals surface area (Å²) in [5.74, 6) is -1.65. The van der Waals surface area contributed by atoms with E-state index in [0.717, 1.165) is 14.7 Å².